The van der Waals surface area contributed by atoms with Gasteiger partial charge in [0.15, 0.2) is 0 Å². The van der Waals surface area contributed by atoms with E-state index in [1.165, 1.54) is 6.42 Å². The van der Waals surface area contributed by atoms with Crippen LogP contribution in [0, 0.1) is 5.92 Å². The van der Waals surface area contributed by atoms with Gasteiger partial charge in [0.1, 0.15) is 0 Å². The molecule has 1 heterocycles. The second-order valence-corrected chi connectivity index (χ2v) is 5.96. The van der Waals surface area contributed by atoms with Gasteiger partial charge in [-0.05, 0) is 12.8 Å². The summed E-state index contributed by atoms with van der Waals surface area (Å²) in [7, 11) is 0. The van der Waals surface area contributed by atoms with Crippen LogP contribution in [0.25, 0.3) is 0 Å². The summed E-state index contributed by atoms with van der Waals surface area (Å²) < 4.78 is 5.23. The molecule has 2 aliphatic rings. The molecular formula is C14H26N2O3. The molecule has 19 heavy (non-hydrogen) atoms. The lowest BCUT2D eigenvalue weighted by Gasteiger charge is -2.33. The molecular weight excluding hydrogens is 244 g/mol. The normalized spacial score (nSPS) is 31.5. The van der Waals surface area contributed by atoms with Crippen LogP contribution in [-0.4, -0.2) is 42.4 Å². The Balaban J connectivity index is 1.82. The van der Waals surface area contributed by atoms with Crippen molar-refractivity contribution in [3.05, 3.63) is 0 Å². The highest BCUT2D eigenvalue weighted by Gasteiger charge is 2.32. The first-order chi connectivity index (χ1) is 9.11. The monoisotopic (exact) mass is 270 g/mol. The number of ether oxygens (including phenoxy) is 1. The lowest BCUT2D eigenvalue weighted by molar-refractivity contribution is -0.128. The van der Waals surface area contributed by atoms with E-state index in [1.54, 1.807) is 0 Å². The number of carbonyl (C=O) groups excluding carboxylic acids is 1. The highest BCUT2D eigenvalue weighted by Crippen LogP contribution is 2.23. The van der Waals surface area contributed by atoms with E-state index >= 15 is 0 Å². The van der Waals surface area contributed by atoms with Gasteiger partial charge in [-0.25, -0.2) is 0 Å². The molecule has 0 aromatic heterocycles. The molecule has 0 aromatic carbocycles. The van der Waals surface area contributed by atoms with Gasteiger partial charge in [0.2, 0.25) is 5.91 Å². The standard InChI is InChI=1S/C14H26N2O3/c15-12-5-3-1-2-4-11(12)13(17)16-10-14(18)6-8-19-9-7-14/h11-12,18H,1-10,15H2,(H,16,17). The highest BCUT2D eigenvalue weighted by molar-refractivity contribution is 5.79. The first-order valence-electron chi connectivity index (χ1n) is 7.44. The molecule has 110 valence electrons. The molecule has 1 amide bonds. The zero-order valence-corrected chi connectivity index (χ0v) is 11.6. The minimum absolute atomic E-state index is 0.00863. The van der Waals surface area contributed by atoms with Gasteiger partial charge >= 0.3 is 0 Å². The Kier molecular flexibility index (Phi) is 5.19. The van der Waals surface area contributed by atoms with Gasteiger partial charge in [-0.1, -0.05) is 19.3 Å². The second kappa shape index (κ2) is 6.68. The van der Waals surface area contributed by atoms with Crippen LogP contribution in [0.2, 0.25) is 0 Å². The van der Waals surface area contributed by atoms with Gasteiger partial charge in [0.05, 0.1) is 11.5 Å². The fourth-order valence-corrected chi connectivity index (χ4v) is 2.97. The van der Waals surface area contributed by atoms with Gasteiger partial charge in [-0.2, -0.15) is 0 Å². The van der Waals surface area contributed by atoms with Crippen molar-refractivity contribution < 1.29 is 14.6 Å². The molecule has 0 bridgehead atoms. The summed E-state index contributed by atoms with van der Waals surface area (Å²) in [5.41, 5.74) is 5.28. The van der Waals surface area contributed by atoms with E-state index in [0.29, 0.717) is 32.6 Å². The van der Waals surface area contributed by atoms with Crippen LogP contribution in [0.1, 0.15) is 44.9 Å². The molecule has 0 radical (unpaired) electrons. The Morgan fingerprint density at radius 3 is 2.68 bits per heavy atom. The molecule has 5 nitrogen and oxygen atoms in total. The Morgan fingerprint density at radius 1 is 1.26 bits per heavy atom. The van der Waals surface area contributed by atoms with Gasteiger partial charge < -0.3 is 20.9 Å². The van der Waals surface area contributed by atoms with Crippen molar-refractivity contribution in [3.63, 3.8) is 0 Å². The topological polar surface area (TPSA) is 84.6 Å². The maximum atomic E-state index is 12.2. The minimum atomic E-state index is -0.803. The van der Waals surface area contributed by atoms with Gasteiger partial charge in [0.25, 0.3) is 0 Å². The maximum absolute atomic E-state index is 12.2. The number of hydrogen-bond acceptors (Lipinski definition) is 4. The van der Waals surface area contributed by atoms with E-state index in [4.69, 9.17) is 10.5 Å². The van der Waals surface area contributed by atoms with Crippen LogP contribution in [0.5, 0.6) is 0 Å². The summed E-state index contributed by atoms with van der Waals surface area (Å²) in [6.07, 6.45) is 6.33. The number of amides is 1. The van der Waals surface area contributed by atoms with Crippen LogP contribution >= 0.6 is 0 Å². The van der Waals surface area contributed by atoms with Gasteiger partial charge in [-0.15, -0.1) is 0 Å². The first kappa shape index (κ1) is 14.8. The van der Waals surface area contributed by atoms with E-state index in [2.05, 4.69) is 5.32 Å². The van der Waals surface area contributed by atoms with Crippen LogP contribution in [0.15, 0.2) is 0 Å². The molecule has 2 fully saturated rings. The molecule has 4 N–H and O–H groups in total. The Labute approximate surface area is 114 Å². The van der Waals surface area contributed by atoms with Crippen molar-refractivity contribution in [1.29, 1.82) is 0 Å². The van der Waals surface area contributed by atoms with E-state index < -0.39 is 5.60 Å². The predicted octanol–water partition coefficient (Wildman–Crippen LogP) is 0.552. The molecule has 1 aliphatic carbocycles. The fourth-order valence-electron chi connectivity index (χ4n) is 2.97. The summed E-state index contributed by atoms with van der Waals surface area (Å²) in [5.74, 6) is -0.0831. The van der Waals surface area contributed by atoms with E-state index in [0.717, 1.165) is 25.7 Å². The molecule has 2 atom stereocenters. The molecule has 1 saturated heterocycles. The van der Waals surface area contributed by atoms with Crippen molar-refractivity contribution in [2.45, 2.75) is 56.6 Å². The second-order valence-electron chi connectivity index (χ2n) is 5.96. The quantitative estimate of drug-likeness (QED) is 0.654. The molecule has 0 aromatic rings. The largest absolute Gasteiger partial charge is 0.388 e. The SMILES string of the molecule is NC1CCCCCC1C(=O)NCC1(O)CCOCC1. The number of nitrogens with two attached hydrogens (primary N) is 1. The van der Waals surface area contributed by atoms with Crippen LogP contribution in [-0.2, 0) is 9.53 Å². The zero-order chi connectivity index (χ0) is 13.7. The van der Waals surface area contributed by atoms with Crippen molar-refractivity contribution in [2.75, 3.05) is 19.8 Å². The summed E-state index contributed by atoms with van der Waals surface area (Å²) in [6, 6.07) is -0.0353. The van der Waals surface area contributed by atoms with Crippen LogP contribution < -0.4 is 11.1 Å². The van der Waals surface area contributed by atoms with E-state index in [9.17, 15) is 9.90 Å². The number of aliphatic hydroxyl groups is 1. The zero-order valence-electron chi connectivity index (χ0n) is 11.6. The van der Waals surface area contributed by atoms with Gasteiger partial charge in [0, 0.05) is 38.6 Å². The average molecular weight is 270 g/mol. The Hall–Kier alpha value is -0.650. The van der Waals surface area contributed by atoms with Gasteiger partial charge in [-0.3, -0.25) is 4.79 Å². The number of hydrogen-bond donors (Lipinski definition) is 3. The smallest absolute Gasteiger partial charge is 0.224 e. The summed E-state index contributed by atoms with van der Waals surface area (Å²) in [5, 5.41) is 13.2. The first-order valence-corrected chi connectivity index (χ1v) is 7.44. The Bertz CT molecular complexity index is 303. The minimum Gasteiger partial charge on any atom is -0.388 e. The summed E-state index contributed by atoms with van der Waals surface area (Å²) in [6.45, 7) is 1.45. The van der Waals surface area contributed by atoms with E-state index in [1.807, 2.05) is 0 Å². The van der Waals surface area contributed by atoms with Crippen molar-refractivity contribution in [1.82, 2.24) is 5.32 Å². The third-order valence-corrected chi connectivity index (χ3v) is 4.42. The van der Waals surface area contributed by atoms with Crippen molar-refractivity contribution in [2.24, 2.45) is 11.7 Å². The molecule has 0 spiro atoms. The lowest BCUT2D eigenvalue weighted by Crippen LogP contribution is -2.50. The maximum Gasteiger partial charge on any atom is 0.224 e. The lowest BCUT2D eigenvalue weighted by atomic mass is 9.92. The molecule has 2 rings (SSSR count). The summed E-state index contributed by atoms with van der Waals surface area (Å²) >= 11 is 0. The molecule has 2 unspecified atom stereocenters. The summed E-state index contributed by atoms with van der Waals surface area (Å²) in [4.78, 5) is 12.2. The van der Waals surface area contributed by atoms with Crippen LogP contribution in [0.4, 0.5) is 0 Å². The molecule has 1 saturated carbocycles. The fraction of sp³-hybridized carbons (Fsp3) is 0.929. The van der Waals surface area contributed by atoms with Crippen molar-refractivity contribution >= 4 is 5.91 Å². The van der Waals surface area contributed by atoms with Crippen molar-refractivity contribution in [3.8, 4) is 0 Å². The third-order valence-electron chi connectivity index (χ3n) is 4.42. The molecule has 1 aliphatic heterocycles. The number of nitrogens with one attached hydrogen (secondary N) is 1. The molecule has 5 heteroatoms. The number of carbonyl (C=O) groups is 1. The Morgan fingerprint density at radius 2 is 1.95 bits per heavy atom. The number of rotatable bonds is 3. The highest BCUT2D eigenvalue weighted by atomic mass is 16.5. The average Bonchev–Trinajstić information content (AvgIpc) is 2.62. The van der Waals surface area contributed by atoms with E-state index in [-0.39, 0.29) is 17.9 Å². The predicted molar refractivity (Wildman–Crippen MR) is 72.6 cm³/mol. The van der Waals surface area contributed by atoms with Crippen LogP contribution in [0.3, 0.4) is 0 Å². The third kappa shape index (κ3) is 4.16.